The molecule has 30 heavy (non-hydrogen) atoms. The van der Waals surface area contributed by atoms with Gasteiger partial charge in [-0.2, -0.15) is 0 Å². The molecule has 0 atom stereocenters. The fraction of sp³-hybridized carbons (Fsp3) is 0.348. The molecule has 0 aliphatic carbocycles. The Morgan fingerprint density at radius 3 is 2.53 bits per heavy atom. The number of H-pyrrole nitrogens is 1. The molecule has 7 nitrogen and oxygen atoms in total. The summed E-state index contributed by atoms with van der Waals surface area (Å²) in [5.41, 5.74) is 1.77. The summed E-state index contributed by atoms with van der Waals surface area (Å²) in [6.45, 7) is 6.95. The summed E-state index contributed by atoms with van der Waals surface area (Å²) in [5, 5.41) is 0. The number of aromatic nitrogens is 2. The zero-order valence-corrected chi connectivity index (χ0v) is 17.6. The molecule has 0 saturated heterocycles. The summed E-state index contributed by atoms with van der Waals surface area (Å²) in [6, 6.07) is 10.7. The Labute approximate surface area is 174 Å². The summed E-state index contributed by atoms with van der Waals surface area (Å²) < 4.78 is 11.0. The van der Waals surface area contributed by atoms with Crippen LogP contribution in [-0.2, 0) is 18.4 Å². The molecular weight excluding hydrogens is 382 g/mol. The number of oxazole rings is 1. The molecule has 1 N–H and O–H groups in total. The molecule has 2 aromatic heterocycles. The zero-order valence-electron chi connectivity index (χ0n) is 17.6. The highest BCUT2D eigenvalue weighted by molar-refractivity contribution is 5.94. The van der Waals surface area contributed by atoms with Gasteiger partial charge in [-0.25, -0.2) is 4.98 Å². The van der Waals surface area contributed by atoms with Crippen LogP contribution in [0.25, 0.3) is 11.3 Å². The maximum absolute atomic E-state index is 13.0. The van der Waals surface area contributed by atoms with E-state index in [-0.39, 0.29) is 16.9 Å². The molecule has 3 aromatic rings. The number of methoxy groups -OCH3 is 1. The minimum absolute atomic E-state index is 0.121. The molecule has 0 bridgehead atoms. The Hall–Kier alpha value is -3.35. The van der Waals surface area contributed by atoms with Gasteiger partial charge in [-0.3, -0.25) is 9.59 Å². The van der Waals surface area contributed by atoms with Gasteiger partial charge in [0.05, 0.1) is 13.7 Å². The van der Waals surface area contributed by atoms with E-state index in [4.69, 9.17) is 9.15 Å². The number of amides is 1. The number of benzene rings is 1. The molecular formula is C23H25N3O4. The van der Waals surface area contributed by atoms with Gasteiger partial charge in [-0.05, 0) is 42.0 Å². The van der Waals surface area contributed by atoms with Crippen LogP contribution in [-0.4, -0.2) is 34.4 Å². The van der Waals surface area contributed by atoms with Crippen molar-refractivity contribution in [1.82, 2.24) is 14.9 Å². The minimum atomic E-state index is -0.408. The summed E-state index contributed by atoms with van der Waals surface area (Å²) >= 11 is 0. The van der Waals surface area contributed by atoms with Gasteiger partial charge in [0, 0.05) is 24.1 Å². The van der Waals surface area contributed by atoms with E-state index in [0.717, 1.165) is 22.8 Å². The quantitative estimate of drug-likeness (QED) is 0.717. The monoisotopic (exact) mass is 407 g/mol. The fourth-order valence-corrected chi connectivity index (χ4v) is 3.44. The van der Waals surface area contributed by atoms with Gasteiger partial charge in [0.25, 0.3) is 11.5 Å². The molecule has 1 amide bonds. The number of pyridine rings is 1. The number of rotatable bonds is 3. The van der Waals surface area contributed by atoms with Crippen LogP contribution < -0.4 is 10.3 Å². The third-order valence-electron chi connectivity index (χ3n) is 5.20. The van der Waals surface area contributed by atoms with E-state index < -0.39 is 5.56 Å². The van der Waals surface area contributed by atoms with Crippen molar-refractivity contribution in [3.63, 3.8) is 0 Å². The maximum Gasteiger partial charge on any atom is 0.261 e. The molecule has 0 radical (unpaired) electrons. The molecule has 1 aromatic carbocycles. The lowest BCUT2D eigenvalue weighted by Crippen LogP contribution is -2.38. The first kappa shape index (κ1) is 19.9. The summed E-state index contributed by atoms with van der Waals surface area (Å²) in [5.74, 6) is 1.93. The SMILES string of the molecule is COc1ccc(-c2ccc(C(=O)N3CCc4oc(C(C)(C)C)nc4C3)c(=O)[nH]2)cc1. The number of fused-ring (bicyclic) bond motifs is 1. The van der Waals surface area contributed by atoms with E-state index >= 15 is 0 Å². The molecule has 0 unspecified atom stereocenters. The van der Waals surface area contributed by atoms with Gasteiger partial charge in [0.1, 0.15) is 22.8 Å². The molecule has 156 valence electrons. The van der Waals surface area contributed by atoms with Crippen molar-refractivity contribution in [3.05, 3.63) is 69.7 Å². The second-order valence-corrected chi connectivity index (χ2v) is 8.46. The Kier molecular flexibility index (Phi) is 4.97. The number of nitrogens with one attached hydrogen (secondary N) is 1. The van der Waals surface area contributed by atoms with Crippen molar-refractivity contribution in [2.45, 2.75) is 39.2 Å². The van der Waals surface area contributed by atoms with Crippen LogP contribution in [0.2, 0.25) is 0 Å². The highest BCUT2D eigenvalue weighted by Gasteiger charge is 2.30. The maximum atomic E-state index is 13.0. The number of ether oxygens (including phenoxy) is 1. The lowest BCUT2D eigenvalue weighted by Gasteiger charge is -2.25. The zero-order chi connectivity index (χ0) is 21.5. The van der Waals surface area contributed by atoms with E-state index in [1.54, 1.807) is 24.1 Å². The minimum Gasteiger partial charge on any atom is -0.497 e. The molecule has 0 fully saturated rings. The van der Waals surface area contributed by atoms with Gasteiger partial charge in [0.2, 0.25) is 0 Å². The lowest BCUT2D eigenvalue weighted by molar-refractivity contribution is 0.0726. The van der Waals surface area contributed by atoms with Gasteiger partial charge in [-0.15, -0.1) is 0 Å². The number of carbonyl (C=O) groups excluding carboxylic acids is 1. The third-order valence-corrected chi connectivity index (χ3v) is 5.20. The van der Waals surface area contributed by atoms with Gasteiger partial charge < -0.3 is 19.0 Å². The van der Waals surface area contributed by atoms with Crippen LogP contribution in [0.4, 0.5) is 0 Å². The van der Waals surface area contributed by atoms with Crippen LogP contribution in [0.3, 0.4) is 0 Å². The van der Waals surface area contributed by atoms with Crippen molar-refractivity contribution in [2.75, 3.05) is 13.7 Å². The first-order chi connectivity index (χ1) is 14.3. The average molecular weight is 407 g/mol. The molecule has 1 aliphatic heterocycles. The van der Waals surface area contributed by atoms with E-state index in [1.807, 2.05) is 45.0 Å². The number of nitrogens with zero attached hydrogens (tertiary/aromatic N) is 2. The second kappa shape index (κ2) is 7.48. The Balaban J connectivity index is 1.55. The number of hydrogen-bond donors (Lipinski definition) is 1. The van der Waals surface area contributed by atoms with E-state index in [2.05, 4.69) is 9.97 Å². The molecule has 0 spiro atoms. The highest BCUT2D eigenvalue weighted by atomic mass is 16.5. The van der Waals surface area contributed by atoms with E-state index in [0.29, 0.717) is 31.1 Å². The predicted molar refractivity (Wildman–Crippen MR) is 113 cm³/mol. The largest absolute Gasteiger partial charge is 0.497 e. The van der Waals surface area contributed by atoms with Crippen molar-refractivity contribution in [1.29, 1.82) is 0 Å². The standard InChI is InChI=1S/C23H25N3O4/c1-23(2,3)22-25-18-13-26(12-11-19(18)30-22)21(28)16-9-10-17(24-20(16)27)14-5-7-15(29-4)8-6-14/h5-10H,11-13H2,1-4H3,(H,24,27). The predicted octanol–water partition coefficient (Wildman–Crippen LogP) is 3.53. The number of aromatic amines is 1. The smallest absolute Gasteiger partial charge is 0.261 e. The number of carbonyl (C=O) groups is 1. The fourth-order valence-electron chi connectivity index (χ4n) is 3.44. The normalized spacial score (nSPS) is 13.8. The molecule has 4 rings (SSSR count). The average Bonchev–Trinajstić information content (AvgIpc) is 3.17. The van der Waals surface area contributed by atoms with Crippen molar-refractivity contribution in [3.8, 4) is 17.0 Å². The summed E-state index contributed by atoms with van der Waals surface area (Å²) in [7, 11) is 1.60. The third kappa shape index (κ3) is 3.75. The molecule has 1 aliphatic rings. The topological polar surface area (TPSA) is 88.4 Å². The summed E-state index contributed by atoms with van der Waals surface area (Å²) in [4.78, 5) is 34.7. The van der Waals surface area contributed by atoms with Crippen molar-refractivity contribution < 1.29 is 13.9 Å². The highest BCUT2D eigenvalue weighted by Crippen LogP contribution is 2.28. The molecule has 7 heteroatoms. The second-order valence-electron chi connectivity index (χ2n) is 8.46. The Bertz CT molecular complexity index is 1140. The number of hydrogen-bond acceptors (Lipinski definition) is 5. The lowest BCUT2D eigenvalue weighted by atomic mass is 9.97. The van der Waals surface area contributed by atoms with Gasteiger partial charge >= 0.3 is 0 Å². The van der Waals surface area contributed by atoms with Crippen LogP contribution >= 0.6 is 0 Å². The Morgan fingerprint density at radius 2 is 1.90 bits per heavy atom. The van der Waals surface area contributed by atoms with Crippen LogP contribution in [0.1, 0.15) is 48.5 Å². The van der Waals surface area contributed by atoms with E-state index in [1.165, 1.54) is 0 Å². The van der Waals surface area contributed by atoms with Crippen molar-refractivity contribution >= 4 is 5.91 Å². The first-order valence-electron chi connectivity index (χ1n) is 9.92. The molecule has 3 heterocycles. The van der Waals surface area contributed by atoms with Gasteiger partial charge in [-0.1, -0.05) is 20.8 Å². The van der Waals surface area contributed by atoms with Crippen LogP contribution in [0.15, 0.2) is 45.6 Å². The van der Waals surface area contributed by atoms with Crippen LogP contribution in [0, 0.1) is 0 Å². The Morgan fingerprint density at radius 1 is 1.17 bits per heavy atom. The molecule has 0 saturated carbocycles. The van der Waals surface area contributed by atoms with Gasteiger partial charge in [0.15, 0.2) is 5.89 Å². The summed E-state index contributed by atoms with van der Waals surface area (Å²) in [6.07, 6.45) is 0.589. The first-order valence-corrected chi connectivity index (χ1v) is 9.92. The van der Waals surface area contributed by atoms with Crippen molar-refractivity contribution in [2.24, 2.45) is 0 Å². The van der Waals surface area contributed by atoms with Crippen LogP contribution in [0.5, 0.6) is 5.75 Å². The van der Waals surface area contributed by atoms with E-state index in [9.17, 15) is 9.59 Å².